The normalized spacial score (nSPS) is 12.8. The molecule has 476 valence electrons. The predicted octanol–water partition coefficient (Wildman–Crippen LogP) is 23.6. The number of aliphatic hydroxyl groups excluding tert-OH is 2. The second-order valence-electron chi connectivity index (χ2n) is 24.9. The summed E-state index contributed by atoms with van der Waals surface area (Å²) >= 11 is 0. The van der Waals surface area contributed by atoms with Crippen LogP contribution in [0.15, 0.2) is 48.6 Å². The van der Waals surface area contributed by atoms with Gasteiger partial charge in [-0.05, 0) is 89.9 Å². The zero-order chi connectivity index (χ0) is 58.5. The number of carbonyl (C=O) groups is 2. The molecule has 0 aliphatic rings. The molecule has 0 saturated carbocycles. The fraction of sp³-hybridized carbons (Fsp3) is 0.867. The highest BCUT2D eigenvalue weighted by Gasteiger charge is 2.18. The molecular weight excluding hydrogens is 995 g/mol. The minimum Gasteiger partial charge on any atom is -0.466 e. The van der Waals surface area contributed by atoms with Gasteiger partial charge in [0, 0.05) is 12.8 Å². The zero-order valence-electron chi connectivity index (χ0n) is 54.5. The number of nitrogens with one attached hydrogen (secondary N) is 1. The molecule has 2 unspecified atom stereocenters. The maximum Gasteiger partial charge on any atom is 0.305 e. The van der Waals surface area contributed by atoms with Gasteiger partial charge in [0.05, 0.1) is 25.4 Å². The molecule has 3 N–H and O–H groups in total. The third kappa shape index (κ3) is 66.8. The highest BCUT2D eigenvalue weighted by atomic mass is 16.5. The monoisotopic (exact) mass is 1140 g/mol. The molecule has 0 aromatic carbocycles. The van der Waals surface area contributed by atoms with Crippen LogP contribution in [-0.2, 0) is 14.3 Å². The van der Waals surface area contributed by atoms with Crippen LogP contribution in [0.25, 0.3) is 0 Å². The number of aliphatic hydroxyl groups is 2. The number of unbranched alkanes of at least 4 members (excludes halogenated alkanes) is 51. The number of rotatable bonds is 68. The topological polar surface area (TPSA) is 95.9 Å². The Kier molecular flexibility index (Phi) is 68.4. The lowest BCUT2D eigenvalue weighted by atomic mass is 10.0. The Bertz CT molecular complexity index is 1360. The van der Waals surface area contributed by atoms with E-state index in [1.165, 1.54) is 315 Å². The van der Waals surface area contributed by atoms with E-state index in [4.69, 9.17) is 4.74 Å². The summed E-state index contributed by atoms with van der Waals surface area (Å²) in [7, 11) is 0. The quantitative estimate of drug-likeness (QED) is 0.0320. The lowest BCUT2D eigenvalue weighted by molar-refractivity contribution is -0.143. The number of carbonyl (C=O) groups excluding carboxylic acids is 2. The van der Waals surface area contributed by atoms with Gasteiger partial charge in [-0.15, -0.1) is 0 Å². The van der Waals surface area contributed by atoms with Crippen LogP contribution < -0.4 is 5.32 Å². The molecule has 0 bridgehead atoms. The summed E-state index contributed by atoms with van der Waals surface area (Å²) < 4.78 is 5.49. The van der Waals surface area contributed by atoms with Gasteiger partial charge in [0.15, 0.2) is 0 Å². The Morgan fingerprint density at radius 3 is 0.951 bits per heavy atom. The summed E-state index contributed by atoms with van der Waals surface area (Å²) in [6.45, 7) is 4.92. The standard InChI is InChI=1S/C75H141NO5/c1-3-5-7-9-11-13-15-17-19-20-21-33-36-40-43-47-51-55-59-63-67-73(78)72(71-77)76-74(79)68-64-60-56-52-48-44-41-37-34-31-29-27-25-23-22-24-26-28-30-32-35-38-42-46-50-54-58-62-66-70-81-75(80)69-65-61-57-53-49-45-39-18-16-14-12-10-8-6-4-2/h18,22,24,28,30,39,63,67,72-73,77-78H,3-17,19-21,23,25-27,29,31-38,40-62,64-66,68-71H2,1-2H3,(H,76,79)/b24-22-,30-28-,39-18-,67-63+. The number of esters is 1. The molecule has 0 heterocycles. The van der Waals surface area contributed by atoms with Gasteiger partial charge in [0.25, 0.3) is 0 Å². The smallest absolute Gasteiger partial charge is 0.305 e. The number of allylic oxidation sites excluding steroid dienone is 7. The Morgan fingerprint density at radius 2 is 0.617 bits per heavy atom. The minimum absolute atomic E-state index is 0.00398. The van der Waals surface area contributed by atoms with Gasteiger partial charge in [-0.2, -0.15) is 0 Å². The fourth-order valence-electron chi connectivity index (χ4n) is 11.3. The molecule has 0 aromatic heterocycles. The van der Waals surface area contributed by atoms with Gasteiger partial charge in [0.2, 0.25) is 5.91 Å². The van der Waals surface area contributed by atoms with Gasteiger partial charge in [0.1, 0.15) is 0 Å². The van der Waals surface area contributed by atoms with Crippen LogP contribution in [0.5, 0.6) is 0 Å². The van der Waals surface area contributed by atoms with Gasteiger partial charge >= 0.3 is 5.97 Å². The van der Waals surface area contributed by atoms with Crippen molar-refractivity contribution in [2.75, 3.05) is 13.2 Å². The van der Waals surface area contributed by atoms with Crippen LogP contribution in [-0.4, -0.2) is 47.4 Å². The van der Waals surface area contributed by atoms with Gasteiger partial charge < -0.3 is 20.3 Å². The molecule has 1 amide bonds. The van der Waals surface area contributed by atoms with E-state index in [-0.39, 0.29) is 18.5 Å². The van der Waals surface area contributed by atoms with E-state index < -0.39 is 12.1 Å². The molecule has 0 spiro atoms. The molecule has 0 saturated heterocycles. The van der Waals surface area contributed by atoms with Crippen LogP contribution >= 0.6 is 0 Å². The SMILES string of the molecule is CCCCCCCC/C=C\CCCCCCCC(=O)OCCCCCCCCCCC/C=C\C/C=C\CCCCCCCCCCCCCCCC(=O)NC(CO)C(O)/C=C/CCCCCCCCCCCCCCCCCCCC. The van der Waals surface area contributed by atoms with Crippen molar-refractivity contribution in [3.63, 3.8) is 0 Å². The van der Waals surface area contributed by atoms with Crippen molar-refractivity contribution < 1.29 is 24.5 Å². The predicted molar refractivity (Wildman–Crippen MR) is 356 cm³/mol. The molecule has 0 rings (SSSR count). The average Bonchev–Trinajstić information content (AvgIpc) is 3.47. The van der Waals surface area contributed by atoms with Gasteiger partial charge in [-0.3, -0.25) is 9.59 Å². The summed E-state index contributed by atoms with van der Waals surface area (Å²) in [4.78, 5) is 24.6. The van der Waals surface area contributed by atoms with Crippen LogP contribution in [0.4, 0.5) is 0 Å². The summed E-state index contributed by atoms with van der Waals surface area (Å²) in [5, 5.41) is 23.2. The maximum absolute atomic E-state index is 12.5. The highest BCUT2D eigenvalue weighted by molar-refractivity contribution is 5.76. The Balaban J connectivity index is 3.43. The maximum atomic E-state index is 12.5. The summed E-state index contributed by atoms with van der Waals surface area (Å²) in [5.41, 5.74) is 0. The molecule has 0 aliphatic carbocycles. The van der Waals surface area contributed by atoms with Crippen LogP contribution in [0.3, 0.4) is 0 Å². The van der Waals surface area contributed by atoms with Crippen molar-refractivity contribution in [1.29, 1.82) is 0 Å². The minimum atomic E-state index is -0.847. The van der Waals surface area contributed by atoms with Gasteiger partial charge in [-0.1, -0.05) is 339 Å². The van der Waals surface area contributed by atoms with Gasteiger partial charge in [-0.25, -0.2) is 0 Å². The molecule has 6 nitrogen and oxygen atoms in total. The average molecular weight is 1140 g/mol. The van der Waals surface area contributed by atoms with Crippen molar-refractivity contribution in [2.24, 2.45) is 0 Å². The van der Waals surface area contributed by atoms with Crippen molar-refractivity contribution >= 4 is 11.9 Å². The first-order chi connectivity index (χ1) is 40.0. The van der Waals surface area contributed by atoms with E-state index in [0.29, 0.717) is 19.4 Å². The van der Waals surface area contributed by atoms with E-state index in [0.717, 1.165) is 51.4 Å². The van der Waals surface area contributed by atoms with E-state index in [2.05, 4.69) is 55.6 Å². The van der Waals surface area contributed by atoms with E-state index in [1.54, 1.807) is 6.08 Å². The first-order valence-electron chi connectivity index (χ1n) is 36.4. The molecule has 0 radical (unpaired) electrons. The number of amides is 1. The third-order valence-corrected chi connectivity index (χ3v) is 16.8. The lowest BCUT2D eigenvalue weighted by Crippen LogP contribution is -2.45. The summed E-state index contributed by atoms with van der Waals surface area (Å²) in [6.07, 6.45) is 91.9. The zero-order valence-corrected chi connectivity index (χ0v) is 54.5. The number of ether oxygens (including phenoxy) is 1. The number of hydrogen-bond donors (Lipinski definition) is 3. The van der Waals surface area contributed by atoms with Crippen molar-refractivity contribution in [2.45, 2.75) is 405 Å². The molecule has 2 atom stereocenters. The second-order valence-corrected chi connectivity index (χ2v) is 24.9. The van der Waals surface area contributed by atoms with E-state index in [9.17, 15) is 19.8 Å². The third-order valence-electron chi connectivity index (χ3n) is 16.8. The van der Waals surface area contributed by atoms with Crippen molar-refractivity contribution in [3.8, 4) is 0 Å². The first kappa shape index (κ1) is 78.8. The van der Waals surface area contributed by atoms with E-state index >= 15 is 0 Å². The van der Waals surface area contributed by atoms with Crippen molar-refractivity contribution in [1.82, 2.24) is 5.32 Å². The number of hydrogen-bond acceptors (Lipinski definition) is 5. The second kappa shape index (κ2) is 70.3. The largest absolute Gasteiger partial charge is 0.466 e. The van der Waals surface area contributed by atoms with Crippen LogP contribution in [0.2, 0.25) is 0 Å². The molecule has 0 aromatic rings. The lowest BCUT2D eigenvalue weighted by Gasteiger charge is -2.20. The molecule has 0 fully saturated rings. The highest BCUT2D eigenvalue weighted by Crippen LogP contribution is 2.18. The van der Waals surface area contributed by atoms with E-state index in [1.807, 2.05) is 6.08 Å². The Morgan fingerprint density at radius 1 is 0.346 bits per heavy atom. The molecule has 0 aliphatic heterocycles. The Labute approximate surface area is 506 Å². The van der Waals surface area contributed by atoms with Crippen LogP contribution in [0, 0.1) is 0 Å². The summed E-state index contributed by atoms with van der Waals surface area (Å²) in [6, 6.07) is -0.630. The molecular formula is C75H141NO5. The summed E-state index contributed by atoms with van der Waals surface area (Å²) in [5.74, 6) is -0.0619. The Hall–Kier alpha value is -2.18. The molecule has 6 heteroatoms. The van der Waals surface area contributed by atoms with Crippen LogP contribution in [0.1, 0.15) is 393 Å². The first-order valence-corrected chi connectivity index (χ1v) is 36.4. The van der Waals surface area contributed by atoms with Crippen molar-refractivity contribution in [3.05, 3.63) is 48.6 Å². The molecule has 81 heavy (non-hydrogen) atoms. The fourth-order valence-corrected chi connectivity index (χ4v) is 11.3.